The molecular formula is C27H28N4O5. The van der Waals surface area contributed by atoms with E-state index in [1.165, 1.54) is 13.1 Å². The van der Waals surface area contributed by atoms with Crippen LogP contribution >= 0.6 is 0 Å². The van der Waals surface area contributed by atoms with E-state index in [1.807, 2.05) is 32.0 Å². The van der Waals surface area contributed by atoms with Crippen LogP contribution in [0.4, 0.5) is 11.4 Å². The van der Waals surface area contributed by atoms with E-state index < -0.39 is 11.8 Å². The van der Waals surface area contributed by atoms with Crippen molar-refractivity contribution in [3.05, 3.63) is 83.4 Å². The summed E-state index contributed by atoms with van der Waals surface area (Å²) in [5.74, 6) is -0.888. The highest BCUT2D eigenvalue weighted by atomic mass is 16.5. The van der Waals surface area contributed by atoms with E-state index in [0.717, 1.165) is 11.1 Å². The second-order valence-corrected chi connectivity index (χ2v) is 7.83. The van der Waals surface area contributed by atoms with E-state index >= 15 is 0 Å². The number of hydrogen-bond acceptors (Lipinski definition) is 6. The minimum atomic E-state index is -0.930. The maximum atomic E-state index is 12.1. The van der Waals surface area contributed by atoms with Gasteiger partial charge in [-0.05, 0) is 67.4 Å². The molecule has 0 radical (unpaired) electrons. The Hall–Kier alpha value is -4.66. The fourth-order valence-corrected chi connectivity index (χ4v) is 3.20. The summed E-state index contributed by atoms with van der Waals surface area (Å²) < 4.78 is 11.6. The zero-order valence-corrected chi connectivity index (χ0v) is 20.3. The van der Waals surface area contributed by atoms with E-state index in [1.54, 1.807) is 42.5 Å². The topological polar surface area (TPSA) is 118 Å². The van der Waals surface area contributed by atoms with Gasteiger partial charge in [0.2, 0.25) is 5.91 Å². The normalized spacial score (nSPS) is 10.5. The lowest BCUT2D eigenvalue weighted by Crippen LogP contribution is -2.32. The van der Waals surface area contributed by atoms with Gasteiger partial charge in [-0.25, -0.2) is 5.43 Å². The SMILES string of the molecule is CCOc1cc(/C=N/NC(=O)C(=O)Nc2ccc(NC(C)=O)cc2)ccc1OCc1cccc(C)c1. The fourth-order valence-electron chi connectivity index (χ4n) is 3.20. The first-order chi connectivity index (χ1) is 17.3. The maximum Gasteiger partial charge on any atom is 0.329 e. The molecule has 0 fully saturated rings. The summed E-state index contributed by atoms with van der Waals surface area (Å²) in [5, 5.41) is 8.93. The summed E-state index contributed by atoms with van der Waals surface area (Å²) in [6, 6.07) is 19.7. The molecule has 36 heavy (non-hydrogen) atoms. The minimum absolute atomic E-state index is 0.207. The number of nitrogens with zero attached hydrogens (tertiary/aromatic N) is 1. The van der Waals surface area contributed by atoms with Crippen molar-refractivity contribution in [3.63, 3.8) is 0 Å². The number of rotatable bonds is 9. The van der Waals surface area contributed by atoms with Crippen LogP contribution in [0.2, 0.25) is 0 Å². The maximum absolute atomic E-state index is 12.1. The van der Waals surface area contributed by atoms with Crippen LogP contribution in [-0.2, 0) is 21.0 Å². The Morgan fingerprint density at radius 3 is 2.25 bits per heavy atom. The van der Waals surface area contributed by atoms with Crippen LogP contribution in [0.15, 0.2) is 71.8 Å². The molecule has 0 aromatic heterocycles. The van der Waals surface area contributed by atoms with Crippen LogP contribution in [0, 0.1) is 6.92 Å². The zero-order chi connectivity index (χ0) is 25.9. The van der Waals surface area contributed by atoms with E-state index in [-0.39, 0.29) is 5.91 Å². The molecule has 0 spiro atoms. The number of nitrogens with one attached hydrogen (secondary N) is 3. The molecule has 9 nitrogen and oxygen atoms in total. The van der Waals surface area contributed by atoms with E-state index in [4.69, 9.17) is 9.47 Å². The summed E-state index contributed by atoms with van der Waals surface area (Å²) in [4.78, 5) is 35.3. The summed E-state index contributed by atoms with van der Waals surface area (Å²) in [6.07, 6.45) is 1.40. The van der Waals surface area contributed by atoms with Crippen molar-refractivity contribution in [1.29, 1.82) is 0 Å². The van der Waals surface area contributed by atoms with Crippen molar-refractivity contribution in [2.45, 2.75) is 27.4 Å². The number of hydrazone groups is 1. The van der Waals surface area contributed by atoms with Crippen molar-refractivity contribution in [1.82, 2.24) is 5.43 Å². The monoisotopic (exact) mass is 488 g/mol. The molecule has 0 aliphatic carbocycles. The highest BCUT2D eigenvalue weighted by Crippen LogP contribution is 2.29. The third-order valence-electron chi connectivity index (χ3n) is 4.79. The van der Waals surface area contributed by atoms with Crippen LogP contribution < -0.4 is 25.5 Å². The molecule has 0 atom stereocenters. The average molecular weight is 489 g/mol. The number of amides is 3. The highest BCUT2D eigenvalue weighted by Gasteiger charge is 2.13. The number of hydrogen-bond donors (Lipinski definition) is 3. The van der Waals surface area contributed by atoms with Crippen LogP contribution in [0.3, 0.4) is 0 Å². The lowest BCUT2D eigenvalue weighted by atomic mass is 10.1. The van der Waals surface area contributed by atoms with Crippen LogP contribution in [0.5, 0.6) is 11.5 Å². The quantitative estimate of drug-likeness (QED) is 0.239. The smallest absolute Gasteiger partial charge is 0.329 e. The zero-order valence-electron chi connectivity index (χ0n) is 20.3. The third kappa shape index (κ3) is 7.98. The van der Waals surface area contributed by atoms with Gasteiger partial charge >= 0.3 is 11.8 Å². The lowest BCUT2D eigenvalue weighted by Gasteiger charge is -2.13. The first-order valence-electron chi connectivity index (χ1n) is 11.3. The number of carbonyl (C=O) groups excluding carboxylic acids is 3. The van der Waals surface area contributed by atoms with E-state index in [2.05, 4.69) is 27.2 Å². The predicted octanol–water partition coefficient (Wildman–Crippen LogP) is 4.02. The molecule has 3 N–H and O–H groups in total. The lowest BCUT2D eigenvalue weighted by molar-refractivity contribution is -0.136. The third-order valence-corrected chi connectivity index (χ3v) is 4.79. The van der Waals surface area contributed by atoms with Gasteiger partial charge in [0, 0.05) is 18.3 Å². The van der Waals surface area contributed by atoms with Crippen LogP contribution in [0.25, 0.3) is 0 Å². The Balaban J connectivity index is 1.56. The summed E-state index contributed by atoms with van der Waals surface area (Å²) in [5.41, 5.74) is 6.02. The molecule has 0 aliphatic heterocycles. The van der Waals surface area contributed by atoms with Gasteiger partial charge in [-0.1, -0.05) is 29.8 Å². The van der Waals surface area contributed by atoms with Crippen molar-refractivity contribution in [3.8, 4) is 11.5 Å². The van der Waals surface area contributed by atoms with Gasteiger partial charge in [-0.2, -0.15) is 5.10 Å². The number of aryl methyl sites for hydroxylation is 1. The van der Waals surface area contributed by atoms with Gasteiger partial charge in [0.15, 0.2) is 11.5 Å². The molecule has 3 aromatic carbocycles. The number of carbonyl (C=O) groups is 3. The van der Waals surface area contributed by atoms with Gasteiger partial charge in [0.05, 0.1) is 12.8 Å². The second-order valence-electron chi connectivity index (χ2n) is 7.83. The number of anilines is 2. The van der Waals surface area contributed by atoms with E-state index in [0.29, 0.717) is 41.7 Å². The Labute approximate surface area is 209 Å². The molecule has 0 unspecified atom stereocenters. The minimum Gasteiger partial charge on any atom is -0.490 e. The Bertz CT molecular complexity index is 1260. The molecule has 3 rings (SSSR count). The van der Waals surface area contributed by atoms with Gasteiger partial charge in [-0.3, -0.25) is 14.4 Å². The molecular weight excluding hydrogens is 460 g/mol. The molecule has 9 heteroatoms. The average Bonchev–Trinajstić information content (AvgIpc) is 2.84. The number of ether oxygens (including phenoxy) is 2. The first-order valence-corrected chi connectivity index (χ1v) is 11.3. The van der Waals surface area contributed by atoms with Crippen LogP contribution in [0.1, 0.15) is 30.5 Å². The molecule has 3 amide bonds. The molecule has 0 aliphatic rings. The summed E-state index contributed by atoms with van der Waals surface area (Å²) in [7, 11) is 0. The first kappa shape index (κ1) is 26.0. The molecule has 186 valence electrons. The Morgan fingerprint density at radius 1 is 0.861 bits per heavy atom. The number of benzene rings is 3. The van der Waals surface area contributed by atoms with E-state index in [9.17, 15) is 14.4 Å². The van der Waals surface area contributed by atoms with Crippen molar-refractivity contribution in [2.24, 2.45) is 5.10 Å². The molecule has 0 bridgehead atoms. The van der Waals surface area contributed by atoms with Gasteiger partial charge in [0.25, 0.3) is 0 Å². The molecule has 0 saturated heterocycles. The Kier molecular flexibility index (Phi) is 9.16. The summed E-state index contributed by atoms with van der Waals surface area (Å²) >= 11 is 0. The molecule has 0 heterocycles. The molecule has 3 aromatic rings. The van der Waals surface area contributed by atoms with Gasteiger partial charge < -0.3 is 20.1 Å². The molecule has 0 saturated carbocycles. The Morgan fingerprint density at radius 2 is 1.58 bits per heavy atom. The van der Waals surface area contributed by atoms with Crippen molar-refractivity contribution < 1.29 is 23.9 Å². The van der Waals surface area contributed by atoms with Gasteiger partial charge in [0.1, 0.15) is 6.61 Å². The standard InChI is InChI=1S/C27H28N4O5/c1-4-35-25-15-20(8-13-24(25)36-17-21-7-5-6-18(2)14-21)16-28-31-27(34)26(33)30-23-11-9-22(10-12-23)29-19(3)32/h5-16H,4,17H2,1-3H3,(H,29,32)(H,30,33)(H,31,34)/b28-16+. The highest BCUT2D eigenvalue weighted by molar-refractivity contribution is 6.39. The summed E-state index contributed by atoms with van der Waals surface area (Å²) in [6.45, 7) is 6.14. The van der Waals surface area contributed by atoms with Gasteiger partial charge in [-0.15, -0.1) is 0 Å². The second kappa shape index (κ2) is 12.7. The fraction of sp³-hybridized carbons (Fsp3) is 0.185. The van der Waals surface area contributed by atoms with Crippen molar-refractivity contribution in [2.75, 3.05) is 17.2 Å². The van der Waals surface area contributed by atoms with Crippen LogP contribution in [-0.4, -0.2) is 30.5 Å². The largest absolute Gasteiger partial charge is 0.490 e. The predicted molar refractivity (Wildman–Crippen MR) is 138 cm³/mol. The van der Waals surface area contributed by atoms with Crippen molar-refractivity contribution >= 4 is 35.3 Å².